The van der Waals surface area contributed by atoms with Gasteiger partial charge < -0.3 is 14.8 Å². The van der Waals surface area contributed by atoms with Crippen molar-refractivity contribution in [2.24, 2.45) is 5.92 Å². The Kier molecular flexibility index (Phi) is 3.41. The summed E-state index contributed by atoms with van der Waals surface area (Å²) in [5.41, 5.74) is 4.05. The summed E-state index contributed by atoms with van der Waals surface area (Å²) in [5.74, 6) is 0.702. The molecule has 6 heteroatoms. The van der Waals surface area contributed by atoms with Gasteiger partial charge in [-0.2, -0.15) is 0 Å². The molecule has 0 radical (unpaired) electrons. The minimum Gasteiger partial charge on any atom is -0.361 e. The van der Waals surface area contributed by atoms with Crippen molar-refractivity contribution in [3.63, 3.8) is 0 Å². The summed E-state index contributed by atoms with van der Waals surface area (Å²) < 4.78 is 0. The summed E-state index contributed by atoms with van der Waals surface area (Å²) in [5, 5.41) is 1.39. The van der Waals surface area contributed by atoms with Crippen LogP contribution in [0.4, 0.5) is 4.79 Å². The number of rotatable bonds is 2. The third-order valence-electron chi connectivity index (χ3n) is 6.48. The number of aromatic amines is 1. The monoisotopic (exact) mass is 352 g/mol. The van der Waals surface area contributed by atoms with Gasteiger partial charge >= 0.3 is 6.03 Å². The van der Waals surface area contributed by atoms with Crippen molar-refractivity contribution in [3.8, 4) is 0 Å². The fourth-order valence-corrected chi connectivity index (χ4v) is 5.29. The van der Waals surface area contributed by atoms with Crippen LogP contribution in [0.3, 0.4) is 0 Å². The molecule has 0 spiro atoms. The minimum atomic E-state index is -0.154. The molecule has 2 saturated heterocycles. The van der Waals surface area contributed by atoms with Gasteiger partial charge in [-0.3, -0.25) is 9.69 Å². The first-order valence-corrected chi connectivity index (χ1v) is 9.37. The molecule has 0 bridgehead atoms. The summed E-state index contributed by atoms with van der Waals surface area (Å²) in [6, 6.07) is 6.87. The van der Waals surface area contributed by atoms with Gasteiger partial charge in [0.25, 0.3) is 0 Å². The quantitative estimate of drug-likeness (QED) is 0.842. The van der Waals surface area contributed by atoms with E-state index in [0.29, 0.717) is 24.4 Å². The zero-order chi connectivity index (χ0) is 18.0. The second-order valence-corrected chi connectivity index (χ2v) is 8.15. The molecule has 2 aliphatic heterocycles. The molecule has 3 amide bonds. The molecule has 2 fully saturated rings. The Morgan fingerprint density at radius 1 is 1.23 bits per heavy atom. The average Bonchev–Trinajstić information content (AvgIpc) is 3.14. The fourth-order valence-electron chi connectivity index (χ4n) is 5.29. The van der Waals surface area contributed by atoms with Crippen molar-refractivity contribution < 1.29 is 9.59 Å². The van der Waals surface area contributed by atoms with E-state index in [1.54, 1.807) is 7.05 Å². The summed E-state index contributed by atoms with van der Waals surface area (Å²) in [6.07, 6.45) is 4.25. The number of benzene rings is 1. The molecule has 1 unspecified atom stereocenters. The van der Waals surface area contributed by atoms with Crippen molar-refractivity contribution in [2.45, 2.75) is 24.8 Å². The smallest absolute Gasteiger partial charge is 0.326 e. The Balaban J connectivity index is 1.44. The lowest BCUT2D eigenvalue weighted by Gasteiger charge is -2.46. The second kappa shape index (κ2) is 5.58. The lowest BCUT2D eigenvalue weighted by atomic mass is 9.72. The molecular weight excluding hydrogens is 328 g/mol. The van der Waals surface area contributed by atoms with Crippen LogP contribution in [0.25, 0.3) is 10.9 Å². The van der Waals surface area contributed by atoms with Gasteiger partial charge in [0.15, 0.2) is 0 Å². The normalized spacial score (nSPS) is 28.9. The lowest BCUT2D eigenvalue weighted by molar-refractivity contribution is -0.126. The van der Waals surface area contributed by atoms with Crippen LogP contribution < -0.4 is 0 Å². The Labute approximate surface area is 152 Å². The number of amides is 3. The van der Waals surface area contributed by atoms with E-state index in [1.807, 2.05) is 0 Å². The van der Waals surface area contributed by atoms with Crippen LogP contribution >= 0.6 is 0 Å². The number of likely N-dealkylation sites (tertiary alicyclic amines) is 1. The van der Waals surface area contributed by atoms with E-state index in [9.17, 15) is 9.59 Å². The Bertz CT molecular complexity index is 904. The van der Waals surface area contributed by atoms with Crippen molar-refractivity contribution in [3.05, 3.63) is 35.5 Å². The number of aromatic nitrogens is 1. The maximum Gasteiger partial charge on any atom is 0.326 e. The van der Waals surface area contributed by atoms with Crippen molar-refractivity contribution >= 4 is 22.8 Å². The molecule has 1 aliphatic carbocycles. The number of fused-ring (bicyclic) bond motifs is 2. The molecule has 136 valence electrons. The Morgan fingerprint density at radius 2 is 2.08 bits per heavy atom. The van der Waals surface area contributed by atoms with Crippen LogP contribution in [0.2, 0.25) is 0 Å². The van der Waals surface area contributed by atoms with Gasteiger partial charge in [-0.05, 0) is 43.0 Å². The zero-order valence-corrected chi connectivity index (χ0v) is 15.2. The largest absolute Gasteiger partial charge is 0.361 e. The number of H-pyrrole nitrogens is 1. The molecule has 3 aliphatic rings. The van der Waals surface area contributed by atoms with Gasteiger partial charge in [0.1, 0.15) is 6.54 Å². The van der Waals surface area contributed by atoms with Crippen LogP contribution in [0.5, 0.6) is 0 Å². The summed E-state index contributed by atoms with van der Waals surface area (Å²) >= 11 is 0. The molecule has 3 heterocycles. The van der Waals surface area contributed by atoms with E-state index in [-0.39, 0.29) is 18.5 Å². The number of carbonyl (C=O) groups is 2. The van der Waals surface area contributed by atoms with Gasteiger partial charge in [0.05, 0.1) is 0 Å². The highest BCUT2D eigenvalue weighted by atomic mass is 16.2. The standard InChI is InChI=1S/C20H24N4O2/c1-22-9-12(10-24-18(25)11-23(2)20(24)26)6-15-14-4-3-5-16-19(14)13(8-21-16)7-17(15)22/h3-5,8,12,15,17,21H,6-7,9-11H2,1-2H3/t12?,15-,17-/m1/s1. The van der Waals surface area contributed by atoms with Gasteiger partial charge in [0.2, 0.25) is 5.91 Å². The molecule has 1 aromatic heterocycles. The first-order valence-electron chi connectivity index (χ1n) is 9.37. The van der Waals surface area contributed by atoms with Crippen LogP contribution in [-0.4, -0.2) is 71.4 Å². The number of urea groups is 1. The fraction of sp³-hybridized carbons (Fsp3) is 0.500. The highest BCUT2D eigenvalue weighted by Gasteiger charge is 2.42. The van der Waals surface area contributed by atoms with Crippen molar-refractivity contribution in [1.82, 2.24) is 19.7 Å². The van der Waals surface area contributed by atoms with Gasteiger partial charge in [0, 0.05) is 49.2 Å². The van der Waals surface area contributed by atoms with Crippen LogP contribution in [0.1, 0.15) is 23.5 Å². The highest BCUT2D eigenvalue weighted by molar-refractivity contribution is 6.01. The van der Waals surface area contributed by atoms with E-state index in [4.69, 9.17) is 0 Å². The summed E-state index contributed by atoms with van der Waals surface area (Å²) in [7, 11) is 3.87. The van der Waals surface area contributed by atoms with E-state index >= 15 is 0 Å². The number of imide groups is 1. The minimum absolute atomic E-state index is 0.0686. The molecule has 3 atom stereocenters. The Morgan fingerprint density at radius 3 is 2.85 bits per heavy atom. The summed E-state index contributed by atoms with van der Waals surface area (Å²) in [6.45, 7) is 1.67. The first-order chi connectivity index (χ1) is 12.5. The molecule has 6 nitrogen and oxygen atoms in total. The first kappa shape index (κ1) is 15.9. The lowest BCUT2D eigenvalue weighted by Crippen LogP contribution is -2.50. The number of likely N-dealkylation sites (N-methyl/N-ethyl adjacent to an activating group) is 2. The molecule has 1 aromatic carbocycles. The molecule has 2 aromatic rings. The molecular formula is C20H24N4O2. The number of hydrogen-bond donors (Lipinski definition) is 1. The average molecular weight is 352 g/mol. The molecule has 1 N–H and O–H groups in total. The maximum absolute atomic E-state index is 12.2. The van der Waals surface area contributed by atoms with E-state index < -0.39 is 0 Å². The third-order valence-corrected chi connectivity index (χ3v) is 6.48. The molecule has 0 saturated carbocycles. The number of nitrogens with zero attached hydrogens (tertiary/aromatic N) is 3. The highest BCUT2D eigenvalue weighted by Crippen LogP contribution is 2.44. The maximum atomic E-state index is 12.2. The van der Waals surface area contributed by atoms with Crippen LogP contribution in [0, 0.1) is 5.92 Å². The number of hydrogen-bond acceptors (Lipinski definition) is 3. The van der Waals surface area contributed by atoms with Gasteiger partial charge in [-0.25, -0.2) is 4.79 Å². The summed E-state index contributed by atoms with van der Waals surface area (Å²) in [4.78, 5) is 33.2. The van der Waals surface area contributed by atoms with Crippen LogP contribution in [-0.2, 0) is 11.2 Å². The zero-order valence-electron chi connectivity index (χ0n) is 15.2. The molecule has 26 heavy (non-hydrogen) atoms. The van der Waals surface area contributed by atoms with Gasteiger partial charge in [-0.15, -0.1) is 0 Å². The number of piperidine rings is 1. The predicted octanol–water partition coefficient (Wildman–Crippen LogP) is 2.02. The van der Waals surface area contributed by atoms with E-state index in [2.05, 4.69) is 41.3 Å². The van der Waals surface area contributed by atoms with Gasteiger partial charge in [-0.1, -0.05) is 12.1 Å². The molecule has 5 rings (SSSR count). The SMILES string of the molecule is CN1CC(=O)N(CC2C[C@@H]3c4cccc5[nH]cc(c45)C[C@H]3N(C)C2)C1=O. The topological polar surface area (TPSA) is 59.7 Å². The van der Waals surface area contributed by atoms with E-state index in [0.717, 1.165) is 19.4 Å². The predicted molar refractivity (Wildman–Crippen MR) is 99.0 cm³/mol. The van der Waals surface area contributed by atoms with Crippen molar-refractivity contribution in [2.75, 3.05) is 33.7 Å². The second-order valence-electron chi connectivity index (χ2n) is 8.15. The number of carbonyl (C=O) groups excluding carboxylic acids is 2. The van der Waals surface area contributed by atoms with Crippen LogP contribution in [0.15, 0.2) is 24.4 Å². The third kappa shape index (κ3) is 2.21. The van der Waals surface area contributed by atoms with E-state index in [1.165, 1.54) is 31.8 Å². The Hall–Kier alpha value is -2.34. The van der Waals surface area contributed by atoms with Crippen molar-refractivity contribution in [1.29, 1.82) is 0 Å². The number of nitrogens with one attached hydrogen (secondary N) is 1.